The molecule has 0 aliphatic rings. The van der Waals surface area contributed by atoms with Gasteiger partial charge in [0.25, 0.3) is 5.56 Å². The van der Waals surface area contributed by atoms with Gasteiger partial charge in [-0.15, -0.1) is 11.3 Å². The van der Waals surface area contributed by atoms with E-state index in [1.807, 2.05) is 0 Å². The summed E-state index contributed by atoms with van der Waals surface area (Å²) in [6.07, 6.45) is 0. The van der Waals surface area contributed by atoms with E-state index in [2.05, 4.69) is 5.32 Å². The average Bonchev–Trinajstić information content (AvgIpc) is 3.19. The number of thiophene rings is 1. The average molecular weight is 446 g/mol. The molecule has 4 aromatic rings. The third-order valence-corrected chi connectivity index (χ3v) is 5.66. The van der Waals surface area contributed by atoms with Crippen molar-refractivity contribution < 1.29 is 4.79 Å². The molecule has 0 radical (unpaired) electrons. The third kappa shape index (κ3) is 3.85. The fourth-order valence-corrected chi connectivity index (χ4v) is 4.01. The molecule has 0 bridgehead atoms. The SMILES string of the molecule is O=C(Cn1c(=O)n(-c2ccc(Cl)cc2)c(=O)c2sccc21)Nc1ccc(Cl)cc1. The number of nitrogens with one attached hydrogen (secondary N) is 1. The summed E-state index contributed by atoms with van der Waals surface area (Å²) in [5.74, 6) is -0.400. The number of hydrogen-bond acceptors (Lipinski definition) is 4. The van der Waals surface area contributed by atoms with Crippen LogP contribution in [0.3, 0.4) is 0 Å². The van der Waals surface area contributed by atoms with Crippen LogP contribution in [0.5, 0.6) is 0 Å². The second-order valence-corrected chi connectivity index (χ2v) is 7.96. The third-order valence-electron chi connectivity index (χ3n) is 4.27. The molecule has 0 spiro atoms. The van der Waals surface area contributed by atoms with Crippen LogP contribution in [0.4, 0.5) is 5.69 Å². The van der Waals surface area contributed by atoms with Crippen molar-refractivity contribution >= 4 is 56.3 Å². The molecule has 146 valence electrons. The second-order valence-electron chi connectivity index (χ2n) is 6.18. The Balaban J connectivity index is 1.77. The zero-order chi connectivity index (χ0) is 20.5. The Bertz CT molecular complexity index is 1320. The van der Waals surface area contributed by atoms with E-state index in [4.69, 9.17) is 23.2 Å². The minimum Gasteiger partial charge on any atom is -0.325 e. The minimum atomic E-state index is -0.602. The van der Waals surface area contributed by atoms with Crippen molar-refractivity contribution in [1.82, 2.24) is 9.13 Å². The monoisotopic (exact) mass is 445 g/mol. The molecule has 0 aliphatic carbocycles. The summed E-state index contributed by atoms with van der Waals surface area (Å²) in [5, 5.41) is 5.48. The Hall–Kier alpha value is -2.87. The van der Waals surface area contributed by atoms with Gasteiger partial charge in [0, 0.05) is 15.7 Å². The largest absolute Gasteiger partial charge is 0.336 e. The standard InChI is InChI=1S/C20H13Cl2N3O3S/c21-12-1-5-14(6-2-12)23-17(26)11-24-16-9-10-29-18(16)19(27)25(20(24)28)15-7-3-13(22)4-8-15/h1-10H,11H2,(H,23,26). The van der Waals surface area contributed by atoms with E-state index in [9.17, 15) is 14.4 Å². The molecular formula is C20H13Cl2N3O3S. The molecule has 9 heteroatoms. The molecule has 1 amide bonds. The van der Waals surface area contributed by atoms with Gasteiger partial charge >= 0.3 is 5.69 Å². The molecule has 2 aromatic heterocycles. The topological polar surface area (TPSA) is 73.1 Å². The van der Waals surface area contributed by atoms with Gasteiger partial charge < -0.3 is 5.32 Å². The second kappa shape index (κ2) is 7.87. The van der Waals surface area contributed by atoms with Crippen molar-refractivity contribution in [3.63, 3.8) is 0 Å². The number of anilines is 1. The molecule has 4 rings (SSSR count). The normalized spacial score (nSPS) is 11.0. The minimum absolute atomic E-state index is 0.247. The molecule has 2 heterocycles. The number of amides is 1. The number of nitrogens with zero attached hydrogens (tertiary/aromatic N) is 2. The van der Waals surface area contributed by atoms with Gasteiger partial charge in [-0.2, -0.15) is 0 Å². The summed E-state index contributed by atoms with van der Waals surface area (Å²) in [4.78, 5) is 38.5. The van der Waals surface area contributed by atoms with Gasteiger partial charge in [0.2, 0.25) is 5.91 Å². The highest BCUT2D eigenvalue weighted by Crippen LogP contribution is 2.18. The fourth-order valence-electron chi connectivity index (χ4n) is 2.94. The van der Waals surface area contributed by atoms with Crippen molar-refractivity contribution in [2.45, 2.75) is 6.54 Å². The fraction of sp³-hybridized carbons (Fsp3) is 0.0500. The van der Waals surface area contributed by atoms with E-state index in [-0.39, 0.29) is 6.54 Å². The predicted molar refractivity (Wildman–Crippen MR) is 117 cm³/mol. The lowest BCUT2D eigenvalue weighted by Gasteiger charge is -2.12. The summed E-state index contributed by atoms with van der Waals surface area (Å²) in [6.45, 7) is -0.247. The van der Waals surface area contributed by atoms with Crippen LogP contribution < -0.4 is 16.6 Å². The predicted octanol–water partition coefficient (Wildman–Crippen LogP) is 4.16. The molecule has 0 saturated heterocycles. The van der Waals surface area contributed by atoms with Crippen LogP contribution in [-0.2, 0) is 11.3 Å². The van der Waals surface area contributed by atoms with Gasteiger partial charge in [-0.05, 0) is 60.0 Å². The molecule has 0 saturated carbocycles. The zero-order valence-corrected chi connectivity index (χ0v) is 17.1. The Morgan fingerprint density at radius 2 is 1.55 bits per heavy atom. The van der Waals surface area contributed by atoms with Crippen molar-refractivity contribution in [1.29, 1.82) is 0 Å². The number of aromatic nitrogens is 2. The highest BCUT2D eigenvalue weighted by molar-refractivity contribution is 7.17. The van der Waals surface area contributed by atoms with Crippen LogP contribution in [0, 0.1) is 0 Å². The van der Waals surface area contributed by atoms with Gasteiger partial charge in [-0.3, -0.25) is 14.2 Å². The maximum Gasteiger partial charge on any atom is 0.336 e. The number of rotatable bonds is 4. The van der Waals surface area contributed by atoms with Crippen molar-refractivity contribution in [3.8, 4) is 5.69 Å². The number of halogens is 2. The summed E-state index contributed by atoms with van der Waals surface area (Å²) < 4.78 is 2.72. The van der Waals surface area contributed by atoms with Crippen LogP contribution in [0.15, 0.2) is 69.6 Å². The van der Waals surface area contributed by atoms with Crippen LogP contribution in [0.2, 0.25) is 10.0 Å². The van der Waals surface area contributed by atoms with E-state index in [0.717, 1.165) is 4.57 Å². The Morgan fingerprint density at radius 3 is 2.21 bits per heavy atom. The molecule has 29 heavy (non-hydrogen) atoms. The van der Waals surface area contributed by atoms with Crippen molar-refractivity contribution in [2.75, 3.05) is 5.32 Å². The van der Waals surface area contributed by atoms with Crippen LogP contribution in [-0.4, -0.2) is 15.0 Å². The molecule has 6 nitrogen and oxygen atoms in total. The molecule has 1 N–H and O–H groups in total. The van der Waals surface area contributed by atoms with Crippen LogP contribution >= 0.6 is 34.5 Å². The van der Waals surface area contributed by atoms with E-state index in [1.165, 1.54) is 15.9 Å². The lowest BCUT2D eigenvalue weighted by molar-refractivity contribution is -0.116. The maximum absolute atomic E-state index is 13.1. The summed E-state index contributed by atoms with van der Waals surface area (Å²) in [6, 6.07) is 14.7. The maximum atomic E-state index is 13.1. The molecule has 2 aromatic carbocycles. The van der Waals surface area contributed by atoms with Crippen LogP contribution in [0.1, 0.15) is 0 Å². The first-order chi connectivity index (χ1) is 13.9. The number of carbonyl (C=O) groups excluding carboxylic acids is 1. The van der Waals surface area contributed by atoms with Crippen molar-refractivity contribution in [3.05, 3.63) is 90.9 Å². The molecule has 0 aliphatic heterocycles. The Kier molecular flexibility index (Phi) is 5.27. The first-order valence-corrected chi connectivity index (χ1v) is 10.1. The number of benzene rings is 2. The highest BCUT2D eigenvalue weighted by atomic mass is 35.5. The van der Waals surface area contributed by atoms with E-state index in [0.29, 0.717) is 31.6 Å². The van der Waals surface area contributed by atoms with Gasteiger partial charge in [-0.1, -0.05) is 23.2 Å². The van der Waals surface area contributed by atoms with Gasteiger partial charge in [-0.25, -0.2) is 9.36 Å². The summed E-state index contributed by atoms with van der Waals surface area (Å²) in [5.41, 5.74) is 0.319. The molecular weight excluding hydrogens is 433 g/mol. The highest BCUT2D eigenvalue weighted by Gasteiger charge is 2.17. The van der Waals surface area contributed by atoms with Crippen molar-refractivity contribution in [2.24, 2.45) is 0 Å². The molecule has 0 unspecified atom stereocenters. The quantitative estimate of drug-likeness (QED) is 0.512. The van der Waals surface area contributed by atoms with Gasteiger partial charge in [0.1, 0.15) is 11.2 Å². The van der Waals surface area contributed by atoms with E-state index >= 15 is 0 Å². The number of fused-ring (bicyclic) bond motifs is 1. The Morgan fingerprint density at radius 1 is 0.931 bits per heavy atom. The lowest BCUT2D eigenvalue weighted by atomic mass is 10.3. The zero-order valence-electron chi connectivity index (χ0n) is 14.8. The first kappa shape index (κ1) is 19.4. The van der Waals surface area contributed by atoms with E-state index < -0.39 is 17.2 Å². The molecule has 0 atom stereocenters. The smallest absolute Gasteiger partial charge is 0.325 e. The first-order valence-electron chi connectivity index (χ1n) is 8.48. The Labute approximate surface area is 178 Å². The number of hydrogen-bond donors (Lipinski definition) is 1. The summed E-state index contributed by atoms with van der Waals surface area (Å²) in [7, 11) is 0. The molecule has 0 fully saturated rings. The lowest BCUT2D eigenvalue weighted by Crippen LogP contribution is -2.40. The van der Waals surface area contributed by atoms with Crippen LogP contribution in [0.25, 0.3) is 15.9 Å². The summed E-state index contributed by atoms with van der Waals surface area (Å²) >= 11 is 13.0. The van der Waals surface area contributed by atoms with Gasteiger partial charge in [0.05, 0.1) is 11.2 Å². The number of carbonyl (C=O) groups is 1. The van der Waals surface area contributed by atoms with Gasteiger partial charge in [0.15, 0.2) is 0 Å². The van der Waals surface area contributed by atoms with E-state index in [1.54, 1.807) is 60.0 Å².